The van der Waals surface area contributed by atoms with E-state index in [1.807, 2.05) is 0 Å². The first-order valence-electron chi connectivity index (χ1n) is 7.21. The van der Waals surface area contributed by atoms with Crippen LogP contribution in [0.15, 0.2) is 0 Å². The Morgan fingerprint density at radius 1 is 0.692 bits per heavy atom. The lowest BCUT2D eigenvalue weighted by molar-refractivity contribution is -0.137. The Morgan fingerprint density at radius 2 is 1.00 bits per heavy atom. The summed E-state index contributed by atoms with van der Waals surface area (Å²) in [6.07, 6.45) is -15.3. The number of carbonyl (C=O) groups excluding carboxylic acids is 2. The van der Waals surface area contributed by atoms with Gasteiger partial charge in [-0.05, 0) is 0 Å². The zero-order valence-corrected chi connectivity index (χ0v) is 14.1. The van der Waals surface area contributed by atoms with E-state index in [1.54, 1.807) is 0 Å². The summed E-state index contributed by atoms with van der Waals surface area (Å²) < 4.78 is 9.41. The summed E-state index contributed by atoms with van der Waals surface area (Å²) in [5, 5.41) is 74.2. The highest BCUT2D eigenvalue weighted by Gasteiger charge is 2.32. The van der Waals surface area contributed by atoms with Gasteiger partial charge in [0.15, 0.2) is 12.6 Å². The molecule has 0 radical (unpaired) electrons. The van der Waals surface area contributed by atoms with E-state index >= 15 is 0 Å². The molecule has 8 N–H and O–H groups in total. The summed E-state index contributed by atoms with van der Waals surface area (Å²) in [4.78, 5) is 20.6. The highest BCUT2D eigenvalue weighted by molar-refractivity contribution is 7.79. The fourth-order valence-corrected chi connectivity index (χ4v) is 1.70. The van der Waals surface area contributed by atoms with Crippen LogP contribution in [0.25, 0.3) is 0 Å². The number of carbonyl (C=O) groups is 2. The second-order valence-electron chi connectivity index (χ2n) is 5.22. The minimum atomic E-state index is -1.97. The molecule has 12 nitrogen and oxygen atoms in total. The summed E-state index contributed by atoms with van der Waals surface area (Å²) in [6.45, 7) is -1.43. The van der Waals surface area contributed by atoms with Crippen LogP contribution in [-0.2, 0) is 19.1 Å². The molecule has 0 aromatic carbocycles. The zero-order valence-electron chi connectivity index (χ0n) is 13.3. The molecule has 0 fully saturated rings. The molecule has 0 unspecified atom stereocenters. The van der Waals surface area contributed by atoms with Crippen LogP contribution in [0.5, 0.6) is 0 Å². The van der Waals surface area contributed by atoms with E-state index < -0.39 is 67.3 Å². The largest absolute Gasteiger partial charge is 0.454 e. The first-order valence-corrected chi connectivity index (χ1v) is 7.62. The molecule has 0 saturated heterocycles. The number of aldehydes is 2. The molecule has 0 spiro atoms. The van der Waals surface area contributed by atoms with Gasteiger partial charge in [-0.1, -0.05) is 0 Å². The molecule has 0 aliphatic heterocycles. The minimum Gasteiger partial charge on any atom is -0.454 e. The maximum absolute atomic E-state index is 10.3. The molecule has 0 aromatic heterocycles. The fourth-order valence-electron chi connectivity index (χ4n) is 1.57. The van der Waals surface area contributed by atoms with Crippen molar-refractivity contribution in [2.75, 3.05) is 13.2 Å². The van der Waals surface area contributed by atoms with Crippen molar-refractivity contribution in [2.45, 2.75) is 48.8 Å². The Hall–Kier alpha value is -1.29. The van der Waals surface area contributed by atoms with Gasteiger partial charge in [-0.25, -0.2) is 0 Å². The van der Waals surface area contributed by atoms with Crippen molar-refractivity contribution >= 4 is 30.0 Å². The van der Waals surface area contributed by atoms with Crippen LogP contribution in [0.2, 0.25) is 0 Å². The number of ether oxygens (including phenoxy) is 2. The number of hydrogen-bond donors (Lipinski definition) is 8. The van der Waals surface area contributed by atoms with Crippen molar-refractivity contribution in [3.05, 3.63) is 0 Å². The third-order valence-electron chi connectivity index (χ3n) is 3.21. The number of thiocarbonyl (C=S) groups is 1. The van der Waals surface area contributed by atoms with E-state index in [9.17, 15) is 40.2 Å². The Bertz CT molecular complexity index is 411. The van der Waals surface area contributed by atoms with E-state index in [4.69, 9.17) is 19.7 Å². The third-order valence-corrected chi connectivity index (χ3v) is 3.45. The summed E-state index contributed by atoms with van der Waals surface area (Å²) in [7, 11) is 0. The van der Waals surface area contributed by atoms with Gasteiger partial charge in [0.2, 0.25) is 0 Å². The van der Waals surface area contributed by atoms with Gasteiger partial charge in [-0.15, -0.1) is 0 Å². The molecule has 0 aliphatic carbocycles. The summed E-state index contributed by atoms with van der Waals surface area (Å²) >= 11 is 4.58. The Labute approximate surface area is 152 Å². The SMILES string of the molecule is O=C[C@@H](O)[C@@H](O)[C@@H](O)[C@H](O)COC(=S)OC[C@H](O)[C@H](O)[C@H](O)[C@H](O)C=O. The zero-order chi connectivity index (χ0) is 20.4. The van der Waals surface area contributed by atoms with E-state index in [2.05, 4.69) is 12.2 Å². The predicted molar refractivity (Wildman–Crippen MR) is 84.7 cm³/mol. The van der Waals surface area contributed by atoms with Crippen molar-refractivity contribution < 1.29 is 59.9 Å². The Morgan fingerprint density at radius 3 is 1.27 bits per heavy atom. The van der Waals surface area contributed by atoms with Gasteiger partial charge in [0.25, 0.3) is 0 Å². The quantitative estimate of drug-likeness (QED) is 0.113. The molecule has 0 heterocycles. The molecular weight excluding hydrogens is 380 g/mol. The Balaban J connectivity index is 4.30. The molecule has 0 aromatic rings. The first kappa shape index (κ1) is 24.7. The normalized spacial score (nSPS) is 20.6. The average Bonchev–Trinajstić information content (AvgIpc) is 2.65. The van der Waals surface area contributed by atoms with Crippen LogP contribution >= 0.6 is 12.2 Å². The van der Waals surface area contributed by atoms with Gasteiger partial charge in [0.1, 0.15) is 62.0 Å². The molecule has 0 amide bonds. The lowest BCUT2D eigenvalue weighted by Gasteiger charge is -2.25. The van der Waals surface area contributed by atoms with Crippen LogP contribution in [0.1, 0.15) is 0 Å². The van der Waals surface area contributed by atoms with Crippen molar-refractivity contribution in [2.24, 2.45) is 0 Å². The third kappa shape index (κ3) is 7.94. The van der Waals surface area contributed by atoms with Crippen LogP contribution in [0, 0.1) is 0 Å². The predicted octanol–water partition coefficient (Wildman–Crippen LogP) is -5.41. The minimum absolute atomic E-state index is 0.0438. The van der Waals surface area contributed by atoms with E-state index in [1.165, 1.54) is 0 Å². The van der Waals surface area contributed by atoms with Gasteiger partial charge in [0.05, 0.1) is 0 Å². The maximum atomic E-state index is 10.3. The molecule has 8 atom stereocenters. The van der Waals surface area contributed by atoms with Crippen LogP contribution < -0.4 is 0 Å². The molecule has 13 heteroatoms. The topological polar surface area (TPSA) is 214 Å². The molecule has 0 bridgehead atoms. The van der Waals surface area contributed by atoms with Gasteiger partial charge < -0.3 is 59.9 Å². The molecule has 0 aliphatic rings. The maximum Gasteiger partial charge on any atom is 0.352 e. The van der Waals surface area contributed by atoms with Gasteiger partial charge in [-0.2, -0.15) is 0 Å². The van der Waals surface area contributed by atoms with Gasteiger partial charge >= 0.3 is 5.24 Å². The average molecular weight is 402 g/mol. The van der Waals surface area contributed by atoms with Gasteiger partial charge in [-0.3, -0.25) is 0 Å². The second-order valence-corrected chi connectivity index (χ2v) is 5.56. The summed E-state index contributed by atoms with van der Waals surface area (Å²) in [6, 6.07) is 0. The molecular formula is C13H22O12S. The summed E-state index contributed by atoms with van der Waals surface area (Å²) in [5.74, 6) is 0. The lowest BCUT2D eigenvalue weighted by Crippen LogP contribution is -2.47. The monoisotopic (exact) mass is 402 g/mol. The number of rotatable bonds is 12. The standard InChI is InChI=1S/C13H22O12S/c14-1-5(16)9(20)11(22)7(18)3-24-13(26)25-4-8(19)12(23)10(21)6(17)2-15/h1-2,5-12,16-23H,3-4H2/t5-,6-,7-,8+,9-,10-,11+,12+/m1/s1. The highest BCUT2D eigenvalue weighted by Crippen LogP contribution is 2.07. The number of aliphatic hydroxyl groups is 8. The van der Waals surface area contributed by atoms with Crippen LogP contribution in [-0.4, -0.2) is 121 Å². The second kappa shape index (κ2) is 12.2. The van der Waals surface area contributed by atoms with Crippen molar-refractivity contribution in [1.29, 1.82) is 0 Å². The highest BCUT2D eigenvalue weighted by atomic mass is 32.1. The van der Waals surface area contributed by atoms with Crippen molar-refractivity contribution in [1.82, 2.24) is 0 Å². The van der Waals surface area contributed by atoms with Crippen LogP contribution in [0.4, 0.5) is 0 Å². The molecule has 152 valence electrons. The summed E-state index contributed by atoms with van der Waals surface area (Å²) in [5.41, 5.74) is 0. The smallest absolute Gasteiger partial charge is 0.352 e. The molecule has 26 heavy (non-hydrogen) atoms. The van der Waals surface area contributed by atoms with E-state index in [0.717, 1.165) is 0 Å². The lowest BCUT2D eigenvalue weighted by atomic mass is 10.0. The fraction of sp³-hybridized carbons (Fsp3) is 0.769. The number of aliphatic hydroxyl groups excluding tert-OH is 8. The molecule has 0 rings (SSSR count). The van der Waals surface area contributed by atoms with Crippen LogP contribution in [0.3, 0.4) is 0 Å². The number of hydrogen-bond acceptors (Lipinski definition) is 13. The van der Waals surface area contributed by atoms with Gasteiger partial charge in [0, 0.05) is 12.2 Å². The Kier molecular flexibility index (Phi) is 11.6. The first-order chi connectivity index (χ1) is 12.1. The van der Waals surface area contributed by atoms with Crippen molar-refractivity contribution in [3.63, 3.8) is 0 Å². The van der Waals surface area contributed by atoms with E-state index in [0.29, 0.717) is 0 Å². The molecule has 0 saturated carbocycles. The van der Waals surface area contributed by atoms with E-state index in [-0.39, 0.29) is 12.6 Å². The van der Waals surface area contributed by atoms with Crippen molar-refractivity contribution in [3.8, 4) is 0 Å².